The minimum Gasteiger partial charge on any atom is -0.481 e. The lowest BCUT2D eigenvalue weighted by Gasteiger charge is -2.37. The van der Waals surface area contributed by atoms with Crippen LogP contribution in [0.1, 0.15) is 19.4 Å². The molecule has 1 aromatic heterocycles. The van der Waals surface area contributed by atoms with Crippen molar-refractivity contribution in [1.82, 2.24) is 15.2 Å². The number of aliphatic carboxylic acids is 1. The molecule has 0 spiro atoms. The van der Waals surface area contributed by atoms with E-state index in [9.17, 15) is 9.90 Å². The number of rotatable bonds is 3. The van der Waals surface area contributed by atoms with E-state index in [-0.39, 0.29) is 11.5 Å². The molecule has 0 amide bonds. The zero-order valence-electron chi connectivity index (χ0n) is 11.5. The zero-order chi connectivity index (χ0) is 13.9. The third kappa shape index (κ3) is 3.52. The number of carbonyl (C=O) groups is 1. The van der Waals surface area contributed by atoms with Gasteiger partial charge >= 0.3 is 5.97 Å². The highest BCUT2D eigenvalue weighted by Gasteiger charge is 2.34. The van der Waals surface area contributed by atoms with E-state index < -0.39 is 5.97 Å². The normalized spacial score (nSPS) is 23.8. The smallest absolute Gasteiger partial charge is 0.309 e. The van der Waals surface area contributed by atoms with Gasteiger partial charge in [0.2, 0.25) is 0 Å². The van der Waals surface area contributed by atoms with Crippen molar-refractivity contribution in [3.05, 3.63) is 30.1 Å². The molecule has 0 saturated carbocycles. The standard InChI is InChI=1S/C14H21N3O2/c1-14(2)10-16-7-12(13(18)19)9-17(14)8-11-3-5-15-6-4-11/h3-6,12,16H,7-10H2,1-2H3,(H,18,19). The van der Waals surface area contributed by atoms with Crippen molar-refractivity contribution in [2.75, 3.05) is 19.6 Å². The number of hydrogen-bond acceptors (Lipinski definition) is 4. The molecule has 5 nitrogen and oxygen atoms in total. The molecule has 1 atom stereocenters. The Hall–Kier alpha value is -1.46. The van der Waals surface area contributed by atoms with E-state index in [4.69, 9.17) is 0 Å². The summed E-state index contributed by atoms with van der Waals surface area (Å²) >= 11 is 0. The van der Waals surface area contributed by atoms with E-state index in [1.165, 1.54) is 0 Å². The van der Waals surface area contributed by atoms with Gasteiger partial charge in [0, 0.05) is 44.1 Å². The van der Waals surface area contributed by atoms with E-state index in [0.29, 0.717) is 13.1 Å². The third-order valence-corrected chi connectivity index (χ3v) is 3.72. The second kappa shape index (κ2) is 5.67. The number of aromatic nitrogens is 1. The lowest BCUT2D eigenvalue weighted by Crippen LogP contribution is -2.48. The van der Waals surface area contributed by atoms with Crippen molar-refractivity contribution < 1.29 is 9.90 Å². The minimum atomic E-state index is -0.732. The number of carboxylic acid groups (broad SMARTS) is 1. The van der Waals surface area contributed by atoms with Crippen LogP contribution in [-0.4, -0.2) is 46.1 Å². The first kappa shape index (κ1) is 14.0. The van der Waals surface area contributed by atoms with Crippen LogP contribution < -0.4 is 5.32 Å². The molecular formula is C14H21N3O2. The highest BCUT2D eigenvalue weighted by atomic mass is 16.4. The number of hydrogen-bond donors (Lipinski definition) is 2. The number of pyridine rings is 1. The molecule has 0 aliphatic carbocycles. The van der Waals surface area contributed by atoms with Crippen molar-refractivity contribution in [3.63, 3.8) is 0 Å². The molecule has 2 rings (SSSR count). The lowest BCUT2D eigenvalue weighted by atomic mass is 10.0. The van der Waals surface area contributed by atoms with Gasteiger partial charge in [-0.25, -0.2) is 0 Å². The quantitative estimate of drug-likeness (QED) is 0.850. The summed E-state index contributed by atoms with van der Waals surface area (Å²) in [5, 5.41) is 12.5. The number of carboxylic acids is 1. The van der Waals surface area contributed by atoms with E-state index >= 15 is 0 Å². The molecule has 2 heterocycles. The van der Waals surface area contributed by atoms with Crippen molar-refractivity contribution in [2.45, 2.75) is 25.9 Å². The highest BCUT2D eigenvalue weighted by Crippen LogP contribution is 2.21. The predicted molar refractivity (Wildman–Crippen MR) is 72.7 cm³/mol. The molecule has 104 valence electrons. The van der Waals surface area contributed by atoms with Gasteiger partial charge in [0.1, 0.15) is 0 Å². The Morgan fingerprint density at radius 3 is 2.84 bits per heavy atom. The van der Waals surface area contributed by atoms with Crippen molar-refractivity contribution in [1.29, 1.82) is 0 Å². The van der Waals surface area contributed by atoms with Gasteiger partial charge in [-0.15, -0.1) is 0 Å². The first-order valence-corrected chi connectivity index (χ1v) is 6.56. The summed E-state index contributed by atoms with van der Waals surface area (Å²) in [5.74, 6) is -1.09. The first-order chi connectivity index (χ1) is 8.99. The Morgan fingerprint density at radius 2 is 2.21 bits per heavy atom. The van der Waals surface area contributed by atoms with Crippen molar-refractivity contribution in [2.24, 2.45) is 5.92 Å². The van der Waals surface area contributed by atoms with Gasteiger partial charge in [0.25, 0.3) is 0 Å². The van der Waals surface area contributed by atoms with E-state index in [2.05, 4.69) is 29.0 Å². The molecule has 1 aliphatic heterocycles. The summed E-state index contributed by atoms with van der Waals surface area (Å²) in [6.07, 6.45) is 3.54. The van der Waals surface area contributed by atoms with Crippen LogP contribution in [0.4, 0.5) is 0 Å². The molecule has 0 aromatic carbocycles. The topological polar surface area (TPSA) is 65.5 Å². The molecule has 2 N–H and O–H groups in total. The van der Waals surface area contributed by atoms with E-state index in [1.807, 2.05) is 12.1 Å². The maximum Gasteiger partial charge on any atom is 0.309 e. The van der Waals surface area contributed by atoms with Crippen LogP contribution in [0.5, 0.6) is 0 Å². The fraction of sp³-hybridized carbons (Fsp3) is 0.571. The number of nitrogens with zero attached hydrogens (tertiary/aromatic N) is 2. The molecule has 1 fully saturated rings. The molecule has 0 radical (unpaired) electrons. The molecule has 19 heavy (non-hydrogen) atoms. The molecular weight excluding hydrogens is 242 g/mol. The van der Waals surface area contributed by atoms with Crippen LogP contribution in [0, 0.1) is 5.92 Å². The summed E-state index contributed by atoms with van der Waals surface area (Å²) in [4.78, 5) is 17.5. The lowest BCUT2D eigenvalue weighted by molar-refractivity contribution is -0.142. The number of nitrogens with one attached hydrogen (secondary N) is 1. The first-order valence-electron chi connectivity index (χ1n) is 6.56. The SMILES string of the molecule is CC1(C)CNCC(C(=O)O)CN1Cc1ccncc1. The fourth-order valence-corrected chi connectivity index (χ4v) is 2.39. The summed E-state index contributed by atoms with van der Waals surface area (Å²) in [5.41, 5.74) is 1.10. The van der Waals surface area contributed by atoms with Gasteiger partial charge in [-0.1, -0.05) is 0 Å². The van der Waals surface area contributed by atoms with Crippen LogP contribution in [0.3, 0.4) is 0 Å². The van der Waals surface area contributed by atoms with E-state index in [1.54, 1.807) is 12.4 Å². The molecule has 1 aliphatic rings. The molecule has 5 heteroatoms. The van der Waals surface area contributed by atoms with Gasteiger partial charge < -0.3 is 10.4 Å². The Morgan fingerprint density at radius 1 is 1.53 bits per heavy atom. The summed E-state index contributed by atoms with van der Waals surface area (Å²) < 4.78 is 0. The molecule has 1 aromatic rings. The summed E-state index contributed by atoms with van der Waals surface area (Å²) in [6, 6.07) is 3.95. The predicted octanol–water partition coefficient (Wildman–Crippen LogP) is 0.966. The van der Waals surface area contributed by atoms with Crippen LogP contribution >= 0.6 is 0 Å². The molecule has 1 unspecified atom stereocenters. The molecule has 1 saturated heterocycles. The fourth-order valence-electron chi connectivity index (χ4n) is 2.39. The minimum absolute atomic E-state index is 0.0620. The average Bonchev–Trinajstić information content (AvgIpc) is 2.50. The summed E-state index contributed by atoms with van der Waals surface area (Å²) in [7, 11) is 0. The van der Waals surface area contributed by atoms with Crippen LogP contribution in [0.2, 0.25) is 0 Å². The van der Waals surface area contributed by atoms with Gasteiger partial charge in [-0.05, 0) is 31.5 Å². The van der Waals surface area contributed by atoms with Crippen LogP contribution in [-0.2, 0) is 11.3 Å². The third-order valence-electron chi connectivity index (χ3n) is 3.72. The summed E-state index contributed by atoms with van der Waals surface area (Å²) in [6.45, 7) is 6.93. The zero-order valence-corrected chi connectivity index (χ0v) is 11.5. The Kier molecular flexibility index (Phi) is 4.17. The maximum absolute atomic E-state index is 11.2. The van der Waals surface area contributed by atoms with Crippen LogP contribution in [0.15, 0.2) is 24.5 Å². The maximum atomic E-state index is 11.2. The Labute approximate surface area is 113 Å². The van der Waals surface area contributed by atoms with Crippen molar-refractivity contribution >= 4 is 5.97 Å². The monoisotopic (exact) mass is 263 g/mol. The highest BCUT2D eigenvalue weighted by molar-refractivity contribution is 5.70. The van der Waals surface area contributed by atoms with Crippen LogP contribution in [0.25, 0.3) is 0 Å². The van der Waals surface area contributed by atoms with Gasteiger partial charge in [-0.2, -0.15) is 0 Å². The Balaban J connectivity index is 2.15. The second-order valence-corrected chi connectivity index (χ2v) is 5.71. The average molecular weight is 263 g/mol. The van der Waals surface area contributed by atoms with Crippen molar-refractivity contribution in [3.8, 4) is 0 Å². The van der Waals surface area contributed by atoms with Gasteiger partial charge in [0.05, 0.1) is 5.92 Å². The molecule has 0 bridgehead atoms. The van der Waals surface area contributed by atoms with Gasteiger partial charge in [0.15, 0.2) is 0 Å². The largest absolute Gasteiger partial charge is 0.481 e. The Bertz CT molecular complexity index is 434. The van der Waals surface area contributed by atoms with E-state index in [0.717, 1.165) is 18.7 Å². The van der Waals surface area contributed by atoms with Gasteiger partial charge in [-0.3, -0.25) is 14.7 Å². The second-order valence-electron chi connectivity index (χ2n) is 5.71.